The van der Waals surface area contributed by atoms with Gasteiger partial charge in [0.15, 0.2) is 0 Å². The Morgan fingerprint density at radius 1 is 0.537 bits per heavy atom. The summed E-state index contributed by atoms with van der Waals surface area (Å²) in [4.78, 5) is 94.5. The van der Waals surface area contributed by atoms with Gasteiger partial charge in [-0.2, -0.15) is 0 Å². The molecular formula is C34H54N4O16. The Bertz CT molecular complexity index is 1140. The first kappa shape index (κ1) is 48.4. The van der Waals surface area contributed by atoms with Crippen LogP contribution in [0.2, 0.25) is 0 Å². The molecular weight excluding hydrogens is 720 g/mol. The Balaban J connectivity index is 4.11. The second-order valence-electron chi connectivity index (χ2n) is 11.4. The molecule has 20 nitrogen and oxygen atoms in total. The molecule has 306 valence electrons. The first-order valence-corrected chi connectivity index (χ1v) is 17.3. The van der Waals surface area contributed by atoms with E-state index in [1.54, 1.807) is 0 Å². The van der Waals surface area contributed by atoms with Crippen LogP contribution in [0.1, 0.15) is 65.2 Å². The Labute approximate surface area is 314 Å². The fraction of sp³-hybridized carbons (Fsp3) is 0.647. The van der Waals surface area contributed by atoms with Crippen LogP contribution < -0.4 is 21.3 Å². The summed E-state index contributed by atoms with van der Waals surface area (Å²) in [6, 6.07) is -1.98. The summed E-state index contributed by atoms with van der Waals surface area (Å²) in [7, 11) is 2.35. The lowest BCUT2D eigenvalue weighted by atomic mass is 10.1. The molecule has 0 aliphatic rings. The van der Waals surface area contributed by atoms with Crippen LogP contribution >= 0.6 is 0 Å². The smallest absolute Gasteiger partial charge is 0.408 e. The highest BCUT2D eigenvalue weighted by Gasteiger charge is 2.24. The topological polar surface area (TPSA) is 259 Å². The maximum absolute atomic E-state index is 12.1. The molecule has 4 N–H and O–H groups in total. The minimum absolute atomic E-state index is 0.0864. The fourth-order valence-electron chi connectivity index (χ4n) is 4.05. The number of methoxy groups -OCH3 is 2. The zero-order chi connectivity index (χ0) is 40.7. The van der Waals surface area contributed by atoms with Crippen molar-refractivity contribution in [2.75, 3.05) is 53.7 Å². The first-order chi connectivity index (χ1) is 25.8. The molecule has 0 aliphatic heterocycles. The summed E-state index contributed by atoms with van der Waals surface area (Å²) in [6.45, 7) is 9.81. The third-order valence-electron chi connectivity index (χ3n) is 6.81. The summed E-state index contributed by atoms with van der Waals surface area (Å²) in [5, 5.41) is 9.97. The molecule has 54 heavy (non-hydrogen) atoms. The molecule has 20 heteroatoms. The van der Waals surface area contributed by atoms with Gasteiger partial charge in [-0.05, 0) is 65.2 Å². The van der Waals surface area contributed by atoms with Crippen LogP contribution in [0.3, 0.4) is 0 Å². The average Bonchev–Trinajstić information content (AvgIpc) is 3.15. The number of hydrogen-bond donors (Lipinski definition) is 4. The van der Waals surface area contributed by atoms with Crippen LogP contribution in [-0.4, -0.2) is 126 Å². The standard InChI is InChI=1S/C34H54N4O16/c1-7-27(39)51-21-23(3)53-33(45)37-25(29(41)47-5)15-9-11-17-35-31(43)49-19-13-14-20-50-32(44)36-18-12-10-16-26(30(42)48-6)38-34(46)54-24(4)22-52-28(40)8-2/h7-8,23-26H,1-2,9-22H2,3-6H3,(H,35,43)(H,36,44)(H,37,45)(H,38,46). The Hall–Kier alpha value is -5.56. The molecule has 4 unspecified atom stereocenters. The van der Waals surface area contributed by atoms with Crippen LogP contribution in [0.15, 0.2) is 25.3 Å². The molecule has 0 radical (unpaired) electrons. The van der Waals surface area contributed by atoms with E-state index in [-0.39, 0.29) is 52.4 Å². The highest BCUT2D eigenvalue weighted by atomic mass is 16.6. The predicted octanol–water partition coefficient (Wildman–Crippen LogP) is 2.33. The molecule has 0 spiro atoms. The Morgan fingerprint density at radius 2 is 0.907 bits per heavy atom. The normalized spacial score (nSPS) is 12.4. The highest BCUT2D eigenvalue weighted by Crippen LogP contribution is 2.06. The van der Waals surface area contributed by atoms with E-state index in [1.807, 2.05) is 0 Å². The van der Waals surface area contributed by atoms with E-state index in [2.05, 4.69) is 34.4 Å². The zero-order valence-electron chi connectivity index (χ0n) is 31.3. The molecule has 0 fully saturated rings. The number of carbonyl (C=O) groups is 8. The number of rotatable bonds is 27. The minimum atomic E-state index is -0.991. The number of hydrogen-bond acceptors (Lipinski definition) is 16. The van der Waals surface area contributed by atoms with Crippen molar-refractivity contribution in [3.63, 3.8) is 0 Å². The third kappa shape index (κ3) is 25.4. The zero-order valence-corrected chi connectivity index (χ0v) is 31.3. The van der Waals surface area contributed by atoms with Gasteiger partial charge in [0, 0.05) is 25.2 Å². The van der Waals surface area contributed by atoms with E-state index in [4.69, 9.17) is 37.9 Å². The molecule has 0 aromatic carbocycles. The van der Waals surface area contributed by atoms with Gasteiger partial charge in [-0.1, -0.05) is 13.2 Å². The second-order valence-corrected chi connectivity index (χ2v) is 11.4. The van der Waals surface area contributed by atoms with E-state index in [0.717, 1.165) is 12.2 Å². The molecule has 0 heterocycles. The van der Waals surface area contributed by atoms with Crippen molar-refractivity contribution in [2.24, 2.45) is 0 Å². The van der Waals surface area contributed by atoms with Gasteiger partial charge in [0.2, 0.25) is 0 Å². The second kappa shape index (κ2) is 30.0. The first-order valence-electron chi connectivity index (χ1n) is 17.3. The summed E-state index contributed by atoms with van der Waals surface area (Å²) in [5.41, 5.74) is 0. The number of esters is 4. The van der Waals surface area contributed by atoms with Gasteiger partial charge in [0.25, 0.3) is 0 Å². The largest absolute Gasteiger partial charge is 0.467 e. The number of nitrogens with one attached hydrogen (secondary N) is 4. The minimum Gasteiger partial charge on any atom is -0.467 e. The maximum Gasteiger partial charge on any atom is 0.408 e. The van der Waals surface area contributed by atoms with E-state index in [9.17, 15) is 38.4 Å². The van der Waals surface area contributed by atoms with E-state index in [0.29, 0.717) is 38.5 Å². The van der Waals surface area contributed by atoms with Crippen LogP contribution in [0, 0.1) is 0 Å². The third-order valence-corrected chi connectivity index (χ3v) is 6.81. The van der Waals surface area contributed by atoms with Crippen molar-refractivity contribution in [3.05, 3.63) is 25.3 Å². The van der Waals surface area contributed by atoms with Gasteiger partial charge in [0.05, 0.1) is 27.4 Å². The number of unbranched alkanes of at least 4 members (excludes halogenated alkanes) is 3. The lowest BCUT2D eigenvalue weighted by molar-refractivity contribution is -0.144. The molecule has 0 rings (SSSR count). The monoisotopic (exact) mass is 774 g/mol. The lowest BCUT2D eigenvalue weighted by Crippen LogP contribution is -2.43. The van der Waals surface area contributed by atoms with Gasteiger partial charge in [0.1, 0.15) is 37.5 Å². The highest BCUT2D eigenvalue weighted by molar-refractivity contribution is 5.83. The molecule has 0 aromatic rings. The van der Waals surface area contributed by atoms with E-state index >= 15 is 0 Å². The van der Waals surface area contributed by atoms with Crippen molar-refractivity contribution in [2.45, 2.75) is 89.5 Å². The van der Waals surface area contributed by atoms with Gasteiger partial charge in [-0.25, -0.2) is 38.4 Å². The molecule has 0 saturated carbocycles. The van der Waals surface area contributed by atoms with Gasteiger partial charge < -0.3 is 59.2 Å². The van der Waals surface area contributed by atoms with E-state index in [1.165, 1.54) is 28.1 Å². The molecule has 0 bridgehead atoms. The average molecular weight is 775 g/mol. The fourth-order valence-corrected chi connectivity index (χ4v) is 4.05. The molecule has 0 aromatic heterocycles. The summed E-state index contributed by atoms with van der Waals surface area (Å²) < 4.78 is 39.3. The van der Waals surface area contributed by atoms with Gasteiger partial charge in [-0.15, -0.1) is 0 Å². The van der Waals surface area contributed by atoms with Crippen molar-refractivity contribution in [3.8, 4) is 0 Å². The molecule has 4 amide bonds. The maximum atomic E-state index is 12.1. The Kier molecular flexibility index (Phi) is 26.9. The van der Waals surface area contributed by atoms with Crippen LogP contribution in [-0.2, 0) is 57.1 Å². The Morgan fingerprint density at radius 3 is 1.24 bits per heavy atom. The number of ether oxygens (including phenoxy) is 8. The molecule has 4 atom stereocenters. The number of amides is 4. The summed E-state index contributed by atoms with van der Waals surface area (Å²) >= 11 is 0. The summed E-state index contributed by atoms with van der Waals surface area (Å²) in [5.74, 6) is -2.69. The van der Waals surface area contributed by atoms with Crippen LogP contribution in [0.5, 0.6) is 0 Å². The van der Waals surface area contributed by atoms with Gasteiger partial charge in [-0.3, -0.25) is 0 Å². The lowest BCUT2D eigenvalue weighted by Gasteiger charge is -2.18. The van der Waals surface area contributed by atoms with E-state index < -0.39 is 72.5 Å². The quantitative estimate of drug-likeness (QED) is 0.0404. The van der Waals surface area contributed by atoms with Gasteiger partial charge >= 0.3 is 48.3 Å². The number of carbonyl (C=O) groups excluding carboxylic acids is 8. The SMILES string of the molecule is C=CC(=O)OCC(C)OC(=O)NC(CCCCNC(=O)OCCCCOC(=O)NCCCCC(NC(=O)OC(C)COC(=O)C=C)C(=O)OC)C(=O)OC. The van der Waals surface area contributed by atoms with Crippen LogP contribution in [0.4, 0.5) is 19.2 Å². The van der Waals surface area contributed by atoms with Crippen molar-refractivity contribution >= 4 is 48.3 Å². The summed E-state index contributed by atoms with van der Waals surface area (Å²) in [6.07, 6.45) is 0.401. The molecule has 0 aliphatic carbocycles. The van der Waals surface area contributed by atoms with Crippen molar-refractivity contribution < 1.29 is 76.3 Å². The number of alkyl carbamates (subject to hydrolysis) is 4. The van der Waals surface area contributed by atoms with Crippen molar-refractivity contribution in [1.82, 2.24) is 21.3 Å². The predicted molar refractivity (Wildman–Crippen MR) is 188 cm³/mol. The van der Waals surface area contributed by atoms with Crippen LogP contribution in [0.25, 0.3) is 0 Å². The molecule has 0 saturated heterocycles. The van der Waals surface area contributed by atoms with Crippen molar-refractivity contribution in [1.29, 1.82) is 0 Å².